The fourth-order valence-corrected chi connectivity index (χ4v) is 5.43. The number of sulfonamides is 1. The van der Waals surface area contributed by atoms with Crippen molar-refractivity contribution in [2.24, 2.45) is 5.92 Å². The van der Waals surface area contributed by atoms with Crippen LogP contribution in [0.3, 0.4) is 0 Å². The average Bonchev–Trinajstić information content (AvgIpc) is 3.26. The van der Waals surface area contributed by atoms with Crippen LogP contribution in [-0.2, 0) is 21.4 Å². The molecular weight excluding hydrogens is 428 g/mol. The van der Waals surface area contributed by atoms with Gasteiger partial charge in [0.05, 0.1) is 18.9 Å². The largest absolute Gasteiger partial charge is 0.492 e. The zero-order valence-electron chi connectivity index (χ0n) is 17.0. The zero-order chi connectivity index (χ0) is 21.6. The normalized spacial score (nSPS) is 17.6. The van der Waals surface area contributed by atoms with Crippen LogP contribution in [-0.4, -0.2) is 54.4 Å². The van der Waals surface area contributed by atoms with Gasteiger partial charge in [-0.25, -0.2) is 13.4 Å². The van der Waals surface area contributed by atoms with Gasteiger partial charge in [0.25, 0.3) is 0 Å². The average molecular weight is 455 g/mol. The Hall–Kier alpha value is -2.10. The molecule has 1 saturated heterocycles. The highest BCUT2D eigenvalue weighted by Gasteiger charge is 2.35. The quantitative estimate of drug-likeness (QED) is 0.587. The van der Waals surface area contributed by atoms with Crippen LogP contribution in [0.5, 0.6) is 5.75 Å². The van der Waals surface area contributed by atoms with Crippen molar-refractivity contribution in [2.45, 2.75) is 37.6 Å². The van der Waals surface area contributed by atoms with E-state index in [0.29, 0.717) is 37.6 Å². The van der Waals surface area contributed by atoms with Crippen LogP contribution in [0, 0.1) is 5.92 Å². The third-order valence-electron chi connectivity index (χ3n) is 5.03. The molecule has 1 N–H and O–H groups in total. The van der Waals surface area contributed by atoms with Crippen molar-refractivity contribution in [3.8, 4) is 5.75 Å². The maximum Gasteiger partial charge on any atom is 0.246 e. The minimum absolute atomic E-state index is 0.0400. The predicted octanol–water partition coefficient (Wildman–Crippen LogP) is 2.54. The molecule has 3 rings (SSSR count). The zero-order valence-corrected chi connectivity index (χ0v) is 18.5. The van der Waals surface area contributed by atoms with Crippen LogP contribution in [0.25, 0.3) is 0 Å². The van der Waals surface area contributed by atoms with Gasteiger partial charge in [-0.15, -0.1) is 0 Å². The Labute approximate surface area is 182 Å². The molecular formula is C20H27ClN4O4S. The second-order valence-electron chi connectivity index (χ2n) is 7.17. The first kappa shape index (κ1) is 22.6. The maximum atomic E-state index is 13.2. The van der Waals surface area contributed by atoms with Gasteiger partial charge in [-0.3, -0.25) is 4.79 Å². The lowest BCUT2D eigenvalue weighted by Crippen LogP contribution is -2.45. The summed E-state index contributed by atoms with van der Waals surface area (Å²) in [6, 6.07) is 4.57. The molecule has 1 unspecified atom stereocenters. The molecule has 2 heterocycles. The Morgan fingerprint density at radius 2 is 2.23 bits per heavy atom. The summed E-state index contributed by atoms with van der Waals surface area (Å²) < 4.78 is 35.3. The van der Waals surface area contributed by atoms with Crippen LogP contribution >= 0.6 is 11.6 Å². The van der Waals surface area contributed by atoms with Gasteiger partial charge < -0.3 is 14.6 Å². The van der Waals surface area contributed by atoms with Gasteiger partial charge in [-0.2, -0.15) is 4.31 Å². The second-order valence-corrected chi connectivity index (χ2v) is 9.51. The molecule has 1 aliphatic heterocycles. The number of amides is 1. The van der Waals surface area contributed by atoms with Crippen LogP contribution in [0.1, 0.15) is 26.2 Å². The summed E-state index contributed by atoms with van der Waals surface area (Å²) in [5.41, 5.74) is 0. The molecule has 0 aliphatic carbocycles. The first-order valence-electron chi connectivity index (χ1n) is 10.1. The lowest BCUT2D eigenvalue weighted by molar-refractivity contribution is -0.126. The number of aryl methyl sites for hydroxylation is 1. The molecule has 164 valence electrons. The van der Waals surface area contributed by atoms with Gasteiger partial charge in [0.2, 0.25) is 15.9 Å². The van der Waals surface area contributed by atoms with Gasteiger partial charge in [-0.05, 0) is 44.4 Å². The molecule has 10 heteroatoms. The van der Waals surface area contributed by atoms with Crippen LogP contribution < -0.4 is 10.1 Å². The SMILES string of the molecule is CCOc1ccc(Cl)cc1S(=O)(=O)N1CCCC(C(=O)NCCCn2ccnc2)C1. The first-order chi connectivity index (χ1) is 14.4. The van der Waals surface area contributed by atoms with Gasteiger partial charge in [-0.1, -0.05) is 11.6 Å². The molecule has 0 bridgehead atoms. The van der Waals surface area contributed by atoms with Crippen molar-refractivity contribution in [2.75, 3.05) is 26.2 Å². The van der Waals surface area contributed by atoms with E-state index in [1.165, 1.54) is 10.4 Å². The minimum atomic E-state index is -3.82. The Morgan fingerprint density at radius 3 is 2.97 bits per heavy atom. The lowest BCUT2D eigenvalue weighted by Gasteiger charge is -2.31. The standard InChI is InChI=1S/C20H27ClN4O4S/c1-2-29-18-7-6-17(21)13-19(18)30(27,28)25-11-3-5-16(14-25)20(26)23-8-4-10-24-12-9-22-15-24/h6-7,9,12-13,15-16H,2-5,8,10-11,14H2,1H3,(H,23,26). The number of ether oxygens (including phenoxy) is 1. The molecule has 1 aliphatic rings. The summed E-state index contributed by atoms with van der Waals surface area (Å²) in [6.45, 7) is 3.94. The highest BCUT2D eigenvalue weighted by atomic mass is 35.5. The molecule has 8 nitrogen and oxygen atoms in total. The number of carbonyl (C=O) groups is 1. The van der Waals surface area contributed by atoms with Gasteiger partial charge >= 0.3 is 0 Å². The second kappa shape index (κ2) is 10.3. The third-order valence-corrected chi connectivity index (χ3v) is 7.15. The highest BCUT2D eigenvalue weighted by Crippen LogP contribution is 2.32. The highest BCUT2D eigenvalue weighted by molar-refractivity contribution is 7.89. The van der Waals surface area contributed by atoms with E-state index in [4.69, 9.17) is 16.3 Å². The number of benzene rings is 1. The molecule has 1 aromatic heterocycles. The molecule has 1 amide bonds. The number of aromatic nitrogens is 2. The molecule has 0 saturated carbocycles. The number of imidazole rings is 1. The number of carbonyl (C=O) groups excluding carboxylic acids is 1. The first-order valence-corrected chi connectivity index (χ1v) is 11.9. The van der Waals surface area contributed by atoms with E-state index in [1.807, 2.05) is 10.8 Å². The van der Waals surface area contributed by atoms with E-state index < -0.39 is 10.0 Å². The summed E-state index contributed by atoms with van der Waals surface area (Å²) in [6.07, 6.45) is 7.38. The number of nitrogens with zero attached hydrogens (tertiary/aromatic N) is 3. The number of piperidine rings is 1. The number of hydrogen-bond donors (Lipinski definition) is 1. The molecule has 1 atom stereocenters. The summed E-state index contributed by atoms with van der Waals surface area (Å²) in [5, 5.41) is 3.25. The number of rotatable bonds is 9. The Bertz CT molecular complexity index is 950. The maximum absolute atomic E-state index is 13.2. The van der Waals surface area contributed by atoms with Crippen molar-refractivity contribution in [1.82, 2.24) is 19.2 Å². The van der Waals surface area contributed by atoms with E-state index in [0.717, 1.165) is 13.0 Å². The van der Waals surface area contributed by atoms with Crippen molar-refractivity contribution >= 4 is 27.5 Å². The Morgan fingerprint density at radius 1 is 1.40 bits per heavy atom. The summed E-state index contributed by atoms with van der Waals surface area (Å²) in [4.78, 5) is 16.6. The Kier molecular flexibility index (Phi) is 7.74. The predicted molar refractivity (Wildman–Crippen MR) is 114 cm³/mol. The Balaban J connectivity index is 1.62. The molecule has 1 aromatic carbocycles. The fraction of sp³-hybridized carbons (Fsp3) is 0.500. The van der Waals surface area contributed by atoms with Crippen LogP contribution in [0.15, 0.2) is 41.8 Å². The van der Waals surface area contributed by atoms with E-state index in [2.05, 4.69) is 10.3 Å². The van der Waals surface area contributed by atoms with Crippen molar-refractivity contribution in [1.29, 1.82) is 0 Å². The van der Waals surface area contributed by atoms with Crippen molar-refractivity contribution in [3.05, 3.63) is 41.9 Å². The van der Waals surface area contributed by atoms with Crippen LogP contribution in [0.2, 0.25) is 5.02 Å². The van der Waals surface area contributed by atoms with E-state index in [9.17, 15) is 13.2 Å². The summed E-state index contributed by atoms with van der Waals surface area (Å²) >= 11 is 6.04. The summed E-state index contributed by atoms with van der Waals surface area (Å²) in [7, 11) is -3.82. The van der Waals surface area contributed by atoms with E-state index in [1.54, 1.807) is 31.6 Å². The monoisotopic (exact) mass is 454 g/mol. The van der Waals surface area contributed by atoms with Gasteiger partial charge in [0.1, 0.15) is 10.6 Å². The number of nitrogens with one attached hydrogen (secondary N) is 1. The van der Waals surface area contributed by atoms with E-state index in [-0.39, 0.29) is 29.0 Å². The van der Waals surface area contributed by atoms with Gasteiger partial charge in [0.15, 0.2) is 0 Å². The van der Waals surface area contributed by atoms with Crippen LogP contribution in [0.4, 0.5) is 0 Å². The molecule has 0 spiro atoms. The molecule has 30 heavy (non-hydrogen) atoms. The smallest absolute Gasteiger partial charge is 0.246 e. The van der Waals surface area contributed by atoms with Crippen molar-refractivity contribution in [3.63, 3.8) is 0 Å². The van der Waals surface area contributed by atoms with Crippen molar-refractivity contribution < 1.29 is 17.9 Å². The molecule has 0 radical (unpaired) electrons. The van der Waals surface area contributed by atoms with E-state index >= 15 is 0 Å². The molecule has 1 fully saturated rings. The topological polar surface area (TPSA) is 93.5 Å². The minimum Gasteiger partial charge on any atom is -0.492 e. The third kappa shape index (κ3) is 5.53. The van der Waals surface area contributed by atoms with Gasteiger partial charge in [0, 0.05) is 43.6 Å². The number of hydrogen-bond acceptors (Lipinski definition) is 5. The molecule has 2 aromatic rings. The lowest BCUT2D eigenvalue weighted by atomic mass is 9.99. The summed E-state index contributed by atoms with van der Waals surface area (Å²) in [5.74, 6) is -0.221. The fourth-order valence-electron chi connectivity index (χ4n) is 3.51. The number of halogens is 1.